The zero-order valence-corrected chi connectivity index (χ0v) is 12.6. The van der Waals surface area contributed by atoms with Gasteiger partial charge in [-0.05, 0) is 23.3 Å². The highest BCUT2D eigenvalue weighted by molar-refractivity contribution is 5.96. The molecule has 0 amide bonds. The summed E-state index contributed by atoms with van der Waals surface area (Å²) in [6.45, 7) is 0. The van der Waals surface area contributed by atoms with Crippen molar-refractivity contribution in [1.29, 1.82) is 0 Å². The van der Waals surface area contributed by atoms with Gasteiger partial charge in [0.15, 0.2) is 0 Å². The molecule has 0 aliphatic carbocycles. The molecule has 1 aromatic carbocycles. The van der Waals surface area contributed by atoms with E-state index in [0.29, 0.717) is 16.9 Å². The molecule has 0 spiro atoms. The van der Waals surface area contributed by atoms with Crippen molar-refractivity contribution >= 4 is 11.7 Å². The van der Waals surface area contributed by atoms with E-state index < -0.39 is 5.97 Å². The van der Waals surface area contributed by atoms with Crippen molar-refractivity contribution in [2.24, 2.45) is 0 Å². The van der Waals surface area contributed by atoms with Crippen LogP contribution in [0.2, 0.25) is 0 Å². The van der Waals surface area contributed by atoms with Crippen LogP contribution >= 0.6 is 0 Å². The minimum Gasteiger partial charge on any atom is -0.465 e. The van der Waals surface area contributed by atoms with Crippen LogP contribution in [-0.2, 0) is 4.74 Å². The van der Waals surface area contributed by atoms with Gasteiger partial charge >= 0.3 is 5.97 Å². The van der Waals surface area contributed by atoms with Crippen LogP contribution < -0.4 is 5.73 Å². The van der Waals surface area contributed by atoms with E-state index in [9.17, 15) is 4.79 Å². The summed E-state index contributed by atoms with van der Waals surface area (Å²) >= 11 is 0. The highest BCUT2D eigenvalue weighted by atomic mass is 16.5. The number of carbonyl (C=O) groups excluding carboxylic acids is 1. The van der Waals surface area contributed by atoms with E-state index in [1.165, 1.54) is 13.3 Å². The van der Waals surface area contributed by atoms with E-state index in [2.05, 4.69) is 9.97 Å². The lowest BCUT2D eigenvalue weighted by molar-refractivity contribution is 0.0602. The van der Waals surface area contributed by atoms with Gasteiger partial charge in [-0.3, -0.25) is 9.97 Å². The molecule has 0 saturated carbocycles. The fourth-order valence-electron chi connectivity index (χ4n) is 2.28. The number of hydrogen-bond donors (Lipinski definition) is 1. The van der Waals surface area contributed by atoms with Crippen LogP contribution in [0.15, 0.2) is 61.1 Å². The van der Waals surface area contributed by atoms with E-state index in [-0.39, 0.29) is 0 Å². The standard InChI is InChI=1S/C18H15N3O2/c1-23-18(22)15-9-17(21-11-16(15)19)13-6-4-12(5-7-13)14-3-2-8-20-10-14/h2-11H,19H2,1H3. The molecule has 2 aromatic heterocycles. The molecule has 2 heterocycles. The Morgan fingerprint density at radius 1 is 1.04 bits per heavy atom. The Kier molecular flexibility index (Phi) is 4.01. The first kappa shape index (κ1) is 14.7. The van der Waals surface area contributed by atoms with Gasteiger partial charge < -0.3 is 10.5 Å². The van der Waals surface area contributed by atoms with Gasteiger partial charge in [-0.1, -0.05) is 30.3 Å². The number of benzene rings is 1. The van der Waals surface area contributed by atoms with E-state index >= 15 is 0 Å². The fraction of sp³-hybridized carbons (Fsp3) is 0.0556. The highest BCUT2D eigenvalue weighted by Crippen LogP contribution is 2.25. The number of aromatic nitrogens is 2. The first-order valence-corrected chi connectivity index (χ1v) is 7.03. The van der Waals surface area contributed by atoms with Crippen molar-refractivity contribution in [3.05, 3.63) is 66.6 Å². The Morgan fingerprint density at radius 2 is 1.78 bits per heavy atom. The van der Waals surface area contributed by atoms with Crippen molar-refractivity contribution in [3.8, 4) is 22.4 Å². The molecule has 23 heavy (non-hydrogen) atoms. The number of nitrogen functional groups attached to an aromatic ring is 1. The molecule has 114 valence electrons. The van der Waals surface area contributed by atoms with Crippen molar-refractivity contribution in [2.75, 3.05) is 12.8 Å². The summed E-state index contributed by atoms with van der Waals surface area (Å²) in [6, 6.07) is 13.4. The summed E-state index contributed by atoms with van der Waals surface area (Å²) in [5.41, 5.74) is 10.0. The van der Waals surface area contributed by atoms with Gasteiger partial charge in [0, 0.05) is 18.0 Å². The van der Waals surface area contributed by atoms with Crippen molar-refractivity contribution in [2.45, 2.75) is 0 Å². The van der Waals surface area contributed by atoms with Gasteiger partial charge in [0.2, 0.25) is 0 Å². The van der Waals surface area contributed by atoms with Crippen LogP contribution in [-0.4, -0.2) is 23.0 Å². The Labute approximate surface area is 133 Å². The Balaban J connectivity index is 1.95. The van der Waals surface area contributed by atoms with E-state index in [4.69, 9.17) is 10.5 Å². The number of anilines is 1. The van der Waals surface area contributed by atoms with Crippen LogP contribution in [0.3, 0.4) is 0 Å². The van der Waals surface area contributed by atoms with E-state index in [1.807, 2.05) is 42.6 Å². The zero-order chi connectivity index (χ0) is 16.2. The first-order valence-electron chi connectivity index (χ1n) is 7.03. The number of esters is 1. The molecule has 5 nitrogen and oxygen atoms in total. The van der Waals surface area contributed by atoms with E-state index in [0.717, 1.165) is 16.7 Å². The maximum absolute atomic E-state index is 11.7. The Bertz CT molecular complexity index is 831. The summed E-state index contributed by atoms with van der Waals surface area (Å²) in [6.07, 6.45) is 5.02. The number of carbonyl (C=O) groups is 1. The van der Waals surface area contributed by atoms with Gasteiger partial charge in [-0.15, -0.1) is 0 Å². The molecule has 0 atom stereocenters. The number of ether oxygens (including phenoxy) is 1. The molecule has 0 bridgehead atoms. The molecule has 0 unspecified atom stereocenters. The van der Waals surface area contributed by atoms with Crippen molar-refractivity contribution in [1.82, 2.24) is 9.97 Å². The molecule has 0 aliphatic rings. The number of methoxy groups -OCH3 is 1. The lowest BCUT2D eigenvalue weighted by Gasteiger charge is -2.07. The topological polar surface area (TPSA) is 78.1 Å². The number of rotatable bonds is 3. The maximum Gasteiger partial charge on any atom is 0.340 e. The Morgan fingerprint density at radius 3 is 2.43 bits per heavy atom. The minimum atomic E-state index is -0.474. The van der Waals surface area contributed by atoms with Crippen LogP contribution in [0.5, 0.6) is 0 Å². The third kappa shape index (κ3) is 3.03. The predicted molar refractivity (Wildman–Crippen MR) is 88.7 cm³/mol. The van der Waals surface area contributed by atoms with E-state index in [1.54, 1.807) is 12.3 Å². The first-order chi connectivity index (χ1) is 11.2. The molecular formula is C18H15N3O2. The Hall–Kier alpha value is -3.21. The lowest BCUT2D eigenvalue weighted by Crippen LogP contribution is -2.06. The van der Waals surface area contributed by atoms with Gasteiger partial charge in [-0.25, -0.2) is 4.79 Å². The quantitative estimate of drug-likeness (QED) is 0.752. The summed E-state index contributed by atoms with van der Waals surface area (Å²) < 4.78 is 4.73. The smallest absolute Gasteiger partial charge is 0.340 e. The van der Waals surface area contributed by atoms with Crippen LogP contribution in [0.4, 0.5) is 5.69 Å². The zero-order valence-electron chi connectivity index (χ0n) is 12.6. The summed E-state index contributed by atoms with van der Waals surface area (Å²) in [4.78, 5) is 20.1. The third-order valence-corrected chi connectivity index (χ3v) is 3.52. The monoisotopic (exact) mass is 305 g/mol. The average molecular weight is 305 g/mol. The lowest BCUT2D eigenvalue weighted by atomic mass is 10.0. The SMILES string of the molecule is COC(=O)c1cc(-c2ccc(-c3cccnc3)cc2)ncc1N. The number of nitrogens with two attached hydrogens (primary N) is 1. The number of nitrogens with zero attached hydrogens (tertiary/aromatic N) is 2. The molecule has 0 radical (unpaired) electrons. The number of hydrogen-bond acceptors (Lipinski definition) is 5. The van der Waals surface area contributed by atoms with Gasteiger partial charge in [0.25, 0.3) is 0 Å². The van der Waals surface area contributed by atoms with Crippen LogP contribution in [0.25, 0.3) is 22.4 Å². The van der Waals surface area contributed by atoms with Crippen molar-refractivity contribution in [3.63, 3.8) is 0 Å². The second-order valence-electron chi connectivity index (χ2n) is 4.97. The van der Waals surface area contributed by atoms with Gasteiger partial charge in [0.05, 0.1) is 30.3 Å². The average Bonchev–Trinajstić information content (AvgIpc) is 2.62. The molecule has 0 fully saturated rings. The minimum absolute atomic E-state index is 0.299. The largest absolute Gasteiger partial charge is 0.465 e. The predicted octanol–water partition coefficient (Wildman–Crippen LogP) is 3.18. The normalized spacial score (nSPS) is 10.3. The van der Waals surface area contributed by atoms with Crippen molar-refractivity contribution < 1.29 is 9.53 Å². The highest BCUT2D eigenvalue weighted by Gasteiger charge is 2.12. The second kappa shape index (κ2) is 6.27. The molecule has 3 rings (SSSR count). The summed E-state index contributed by atoms with van der Waals surface area (Å²) in [7, 11) is 1.32. The third-order valence-electron chi connectivity index (χ3n) is 3.52. The molecule has 2 N–H and O–H groups in total. The molecule has 3 aromatic rings. The molecule has 5 heteroatoms. The van der Waals surface area contributed by atoms with Crippen LogP contribution in [0.1, 0.15) is 10.4 Å². The molecular weight excluding hydrogens is 290 g/mol. The summed E-state index contributed by atoms with van der Waals surface area (Å²) in [5.74, 6) is -0.474. The molecule has 0 aliphatic heterocycles. The van der Waals surface area contributed by atoms with Gasteiger partial charge in [0.1, 0.15) is 0 Å². The van der Waals surface area contributed by atoms with Gasteiger partial charge in [-0.2, -0.15) is 0 Å². The molecule has 0 saturated heterocycles. The number of pyridine rings is 2. The van der Waals surface area contributed by atoms with Crippen LogP contribution in [0, 0.1) is 0 Å². The second-order valence-corrected chi connectivity index (χ2v) is 4.97. The summed E-state index contributed by atoms with van der Waals surface area (Å²) in [5, 5.41) is 0. The maximum atomic E-state index is 11.7. The fourth-order valence-corrected chi connectivity index (χ4v) is 2.28.